The molecule has 2 aromatic rings. The first kappa shape index (κ1) is 15.4. The number of H-pyrrole nitrogens is 1. The minimum atomic E-state index is -0.213. The zero-order valence-electron chi connectivity index (χ0n) is 13.6. The molecule has 4 rings (SSSR count). The molecule has 2 amide bonds. The smallest absolute Gasteiger partial charge is 0.271 e. The maximum absolute atomic E-state index is 13.0. The lowest BCUT2D eigenvalue weighted by molar-refractivity contribution is 0.0735. The number of thiophene rings is 1. The van der Waals surface area contributed by atoms with Crippen molar-refractivity contribution >= 4 is 23.2 Å². The number of fused-ring (bicyclic) bond motifs is 2. The van der Waals surface area contributed by atoms with Gasteiger partial charge in [-0.2, -0.15) is 5.10 Å². The van der Waals surface area contributed by atoms with Gasteiger partial charge < -0.3 is 10.2 Å². The molecule has 126 valence electrons. The van der Waals surface area contributed by atoms with Crippen molar-refractivity contribution in [3.63, 3.8) is 0 Å². The van der Waals surface area contributed by atoms with Crippen LogP contribution in [0.3, 0.4) is 0 Å². The van der Waals surface area contributed by atoms with Gasteiger partial charge in [0.1, 0.15) is 0 Å². The number of hydrogen-bond acceptors (Lipinski definition) is 4. The number of aromatic amines is 1. The SMILES string of the molecule is CNC(=O)c1n[nH]c2c1CN(C(=O)c1scc3c1CCCC3)CC2. The van der Waals surface area contributed by atoms with Crippen LogP contribution in [0.1, 0.15) is 55.4 Å². The normalized spacial score (nSPS) is 16.5. The van der Waals surface area contributed by atoms with Crippen LogP contribution in [0.25, 0.3) is 0 Å². The van der Waals surface area contributed by atoms with E-state index in [0.29, 0.717) is 25.2 Å². The topological polar surface area (TPSA) is 78.1 Å². The average molecular weight is 344 g/mol. The van der Waals surface area contributed by atoms with Gasteiger partial charge in [0, 0.05) is 31.3 Å². The Morgan fingerprint density at radius 3 is 2.92 bits per heavy atom. The summed E-state index contributed by atoms with van der Waals surface area (Å²) in [6.07, 6.45) is 5.18. The van der Waals surface area contributed by atoms with Gasteiger partial charge in [-0.15, -0.1) is 11.3 Å². The largest absolute Gasteiger partial charge is 0.354 e. The number of aromatic nitrogens is 2. The zero-order valence-corrected chi connectivity index (χ0v) is 14.5. The van der Waals surface area contributed by atoms with E-state index in [4.69, 9.17) is 0 Å². The van der Waals surface area contributed by atoms with Crippen molar-refractivity contribution in [1.82, 2.24) is 20.4 Å². The second-order valence-corrected chi connectivity index (χ2v) is 7.24. The van der Waals surface area contributed by atoms with Crippen molar-refractivity contribution in [2.24, 2.45) is 0 Å². The fraction of sp³-hybridized carbons (Fsp3) is 0.471. The summed E-state index contributed by atoms with van der Waals surface area (Å²) in [7, 11) is 1.59. The van der Waals surface area contributed by atoms with Crippen molar-refractivity contribution in [3.05, 3.63) is 38.3 Å². The second kappa shape index (κ2) is 6.05. The van der Waals surface area contributed by atoms with E-state index in [-0.39, 0.29) is 11.8 Å². The van der Waals surface area contributed by atoms with Gasteiger partial charge in [-0.1, -0.05) is 0 Å². The summed E-state index contributed by atoms with van der Waals surface area (Å²) < 4.78 is 0. The summed E-state index contributed by atoms with van der Waals surface area (Å²) in [5.41, 5.74) is 4.81. The highest BCUT2D eigenvalue weighted by molar-refractivity contribution is 7.12. The lowest BCUT2D eigenvalue weighted by atomic mass is 9.93. The Balaban J connectivity index is 1.60. The Hall–Kier alpha value is -2.15. The summed E-state index contributed by atoms with van der Waals surface area (Å²) in [6.45, 7) is 1.11. The summed E-state index contributed by atoms with van der Waals surface area (Å²) >= 11 is 1.57. The molecule has 0 radical (unpaired) electrons. The quantitative estimate of drug-likeness (QED) is 0.873. The molecule has 7 heteroatoms. The molecule has 3 heterocycles. The monoisotopic (exact) mass is 344 g/mol. The van der Waals surface area contributed by atoms with E-state index in [1.165, 1.54) is 17.5 Å². The number of nitrogens with one attached hydrogen (secondary N) is 2. The number of aryl methyl sites for hydroxylation is 1. The Labute approximate surface area is 144 Å². The van der Waals surface area contributed by atoms with Gasteiger partial charge in [0.25, 0.3) is 11.8 Å². The van der Waals surface area contributed by atoms with Gasteiger partial charge in [0.05, 0.1) is 11.4 Å². The third-order valence-electron chi connectivity index (χ3n) is 4.96. The number of nitrogens with zero attached hydrogens (tertiary/aromatic N) is 2. The van der Waals surface area contributed by atoms with Gasteiger partial charge in [0.15, 0.2) is 5.69 Å². The molecule has 6 nitrogen and oxygen atoms in total. The standard InChI is InChI=1S/C17H20N4O2S/c1-18-16(22)14-12-8-21(7-6-13(12)19-20-14)17(23)15-11-5-3-2-4-10(11)9-24-15/h9H,2-8H2,1H3,(H,18,22)(H,19,20). The van der Waals surface area contributed by atoms with E-state index in [1.54, 1.807) is 18.4 Å². The minimum Gasteiger partial charge on any atom is -0.354 e. The minimum absolute atomic E-state index is 0.0952. The van der Waals surface area contributed by atoms with E-state index in [1.807, 2.05) is 4.90 Å². The summed E-state index contributed by atoms with van der Waals surface area (Å²) in [5.74, 6) is -0.117. The number of amides is 2. The van der Waals surface area contributed by atoms with Gasteiger partial charge in [-0.3, -0.25) is 14.7 Å². The van der Waals surface area contributed by atoms with Crippen LogP contribution in [-0.4, -0.2) is 40.5 Å². The van der Waals surface area contributed by atoms with Crippen molar-refractivity contribution in [2.45, 2.75) is 38.6 Å². The number of rotatable bonds is 2. The van der Waals surface area contributed by atoms with E-state index < -0.39 is 0 Å². The molecule has 1 aliphatic heterocycles. The summed E-state index contributed by atoms with van der Waals surface area (Å²) in [5, 5.41) is 11.8. The first-order valence-electron chi connectivity index (χ1n) is 8.35. The first-order valence-corrected chi connectivity index (χ1v) is 9.23. The van der Waals surface area contributed by atoms with Crippen LogP contribution < -0.4 is 5.32 Å². The molecule has 0 aromatic carbocycles. The molecule has 0 saturated carbocycles. The van der Waals surface area contributed by atoms with Crippen molar-refractivity contribution < 1.29 is 9.59 Å². The number of carbonyl (C=O) groups excluding carboxylic acids is 2. The van der Waals surface area contributed by atoms with Gasteiger partial charge >= 0.3 is 0 Å². The van der Waals surface area contributed by atoms with E-state index in [9.17, 15) is 9.59 Å². The molecule has 2 N–H and O–H groups in total. The van der Waals surface area contributed by atoms with Crippen LogP contribution >= 0.6 is 11.3 Å². The van der Waals surface area contributed by atoms with Gasteiger partial charge in [0.2, 0.25) is 0 Å². The van der Waals surface area contributed by atoms with Gasteiger partial charge in [-0.05, 0) is 42.2 Å². The maximum Gasteiger partial charge on any atom is 0.271 e. The van der Waals surface area contributed by atoms with E-state index in [2.05, 4.69) is 20.9 Å². The number of hydrogen-bond donors (Lipinski definition) is 2. The van der Waals surface area contributed by atoms with Crippen LogP contribution in [0.4, 0.5) is 0 Å². The molecule has 2 aliphatic rings. The molecule has 0 unspecified atom stereocenters. The molecule has 0 fully saturated rings. The number of carbonyl (C=O) groups is 2. The Morgan fingerprint density at radius 1 is 1.25 bits per heavy atom. The Kier molecular flexibility index (Phi) is 3.88. The van der Waals surface area contributed by atoms with E-state index >= 15 is 0 Å². The summed E-state index contributed by atoms with van der Waals surface area (Å²) in [4.78, 5) is 27.7. The molecular weight excluding hydrogens is 324 g/mol. The maximum atomic E-state index is 13.0. The highest BCUT2D eigenvalue weighted by Crippen LogP contribution is 2.32. The molecule has 0 spiro atoms. The predicted molar refractivity (Wildman–Crippen MR) is 91.4 cm³/mol. The second-order valence-electron chi connectivity index (χ2n) is 6.36. The van der Waals surface area contributed by atoms with Crippen LogP contribution in [0.5, 0.6) is 0 Å². The molecular formula is C17H20N4O2S. The molecule has 0 atom stereocenters. The fourth-order valence-corrected chi connectivity index (χ4v) is 4.74. The molecule has 1 aliphatic carbocycles. The van der Waals surface area contributed by atoms with Crippen LogP contribution in [0, 0.1) is 0 Å². The third kappa shape index (κ3) is 2.43. The Morgan fingerprint density at radius 2 is 2.08 bits per heavy atom. The molecule has 0 bridgehead atoms. The molecule has 2 aromatic heterocycles. The van der Waals surface area contributed by atoms with E-state index in [0.717, 1.165) is 35.4 Å². The van der Waals surface area contributed by atoms with Crippen LogP contribution in [0.15, 0.2) is 5.38 Å². The first-order chi connectivity index (χ1) is 11.7. The average Bonchev–Trinajstić information content (AvgIpc) is 3.24. The van der Waals surface area contributed by atoms with Gasteiger partial charge in [-0.25, -0.2) is 0 Å². The van der Waals surface area contributed by atoms with Crippen molar-refractivity contribution in [2.75, 3.05) is 13.6 Å². The lowest BCUT2D eigenvalue weighted by Crippen LogP contribution is -2.36. The van der Waals surface area contributed by atoms with Crippen molar-refractivity contribution in [1.29, 1.82) is 0 Å². The lowest BCUT2D eigenvalue weighted by Gasteiger charge is -2.27. The highest BCUT2D eigenvalue weighted by Gasteiger charge is 2.30. The summed E-state index contributed by atoms with van der Waals surface area (Å²) in [6, 6.07) is 0. The zero-order chi connectivity index (χ0) is 16.7. The predicted octanol–water partition coefficient (Wildman–Crippen LogP) is 1.91. The fourth-order valence-electron chi connectivity index (χ4n) is 3.62. The third-order valence-corrected chi connectivity index (χ3v) is 6.02. The van der Waals surface area contributed by atoms with Crippen molar-refractivity contribution in [3.8, 4) is 0 Å². The van der Waals surface area contributed by atoms with Crippen LogP contribution in [-0.2, 0) is 25.8 Å². The highest BCUT2D eigenvalue weighted by atomic mass is 32.1. The Bertz CT molecular complexity index is 808. The molecule has 24 heavy (non-hydrogen) atoms. The van der Waals surface area contributed by atoms with Crippen LogP contribution in [0.2, 0.25) is 0 Å². The molecule has 0 saturated heterocycles.